The number of imidazole rings is 1. The van der Waals surface area contributed by atoms with E-state index in [-0.39, 0.29) is 0 Å². The molecule has 0 saturated carbocycles. The highest BCUT2D eigenvalue weighted by molar-refractivity contribution is 7.98. The van der Waals surface area contributed by atoms with Gasteiger partial charge < -0.3 is 4.57 Å². The molecule has 1 aromatic heterocycles. The Morgan fingerprint density at radius 3 is 2.93 bits per heavy atom. The highest BCUT2D eigenvalue weighted by atomic mass is 32.2. The van der Waals surface area contributed by atoms with Crippen molar-refractivity contribution in [2.45, 2.75) is 24.8 Å². The van der Waals surface area contributed by atoms with Gasteiger partial charge in [-0.05, 0) is 12.3 Å². The molecule has 1 heterocycles. The molecule has 4 nitrogen and oxygen atoms in total. The molecule has 1 rings (SSSR count). The fraction of sp³-hybridized carbons (Fsp3) is 0.556. The van der Waals surface area contributed by atoms with Gasteiger partial charge in [0.2, 0.25) is 0 Å². The lowest BCUT2D eigenvalue weighted by Crippen LogP contribution is -2.24. The van der Waals surface area contributed by atoms with Crippen molar-refractivity contribution in [1.29, 1.82) is 0 Å². The normalized spacial score (nSPS) is 15.3. The Balaban J connectivity index is 2.66. The van der Waals surface area contributed by atoms with Crippen LogP contribution in [-0.4, -0.2) is 26.2 Å². The highest BCUT2D eigenvalue weighted by Crippen LogP contribution is 2.03. The summed E-state index contributed by atoms with van der Waals surface area (Å²) in [6.07, 6.45) is 5.43. The van der Waals surface area contributed by atoms with Crippen LogP contribution in [0.1, 0.15) is 19.8 Å². The van der Waals surface area contributed by atoms with Gasteiger partial charge in [-0.2, -0.15) is 0 Å². The van der Waals surface area contributed by atoms with Crippen molar-refractivity contribution in [3.8, 4) is 0 Å². The fourth-order valence-electron chi connectivity index (χ4n) is 1.05. The van der Waals surface area contributed by atoms with Gasteiger partial charge in [0.15, 0.2) is 5.03 Å². The summed E-state index contributed by atoms with van der Waals surface area (Å²) < 4.78 is 16.7. The Morgan fingerprint density at radius 1 is 1.71 bits per heavy atom. The van der Waals surface area contributed by atoms with E-state index in [1.807, 2.05) is 7.05 Å². The summed E-state index contributed by atoms with van der Waals surface area (Å²) in [6.45, 7) is 2.81. The molecule has 0 spiro atoms. The Hall–Kier alpha value is -0.810. The smallest absolute Gasteiger partial charge is 0.150 e. The standard InChI is InChI=1S/C9H17N3OS/c1-4-5-6-11-14(3,13)9-7-12(2)8-10-9/h7-8H,3-6H2,1-2H3,(H,11,13). The minimum atomic E-state index is -2.39. The van der Waals surface area contributed by atoms with Gasteiger partial charge in [-0.15, -0.1) is 0 Å². The third kappa shape index (κ3) is 2.85. The molecule has 1 atom stereocenters. The average molecular weight is 215 g/mol. The predicted octanol–water partition coefficient (Wildman–Crippen LogP) is 0.800. The van der Waals surface area contributed by atoms with Crippen LogP contribution < -0.4 is 4.72 Å². The van der Waals surface area contributed by atoms with Crippen LogP contribution >= 0.6 is 0 Å². The maximum atomic E-state index is 12.0. The van der Waals surface area contributed by atoms with Crippen LogP contribution in [-0.2, 0) is 16.8 Å². The minimum Gasteiger partial charge on any atom is -0.339 e. The number of hydrogen-bond donors (Lipinski definition) is 1. The van der Waals surface area contributed by atoms with Gasteiger partial charge in [-0.25, -0.2) is 13.9 Å². The summed E-state index contributed by atoms with van der Waals surface area (Å²) in [5.41, 5.74) is 0. The van der Waals surface area contributed by atoms with Gasteiger partial charge in [0.1, 0.15) is 0 Å². The number of aryl methyl sites for hydroxylation is 1. The summed E-state index contributed by atoms with van der Waals surface area (Å²) in [5, 5.41) is 0.524. The van der Waals surface area contributed by atoms with Crippen LogP contribution in [0.4, 0.5) is 0 Å². The highest BCUT2D eigenvalue weighted by Gasteiger charge is 2.08. The van der Waals surface area contributed by atoms with Crippen LogP contribution in [0.15, 0.2) is 17.6 Å². The first-order chi connectivity index (χ1) is 6.56. The Kier molecular flexibility index (Phi) is 3.71. The molecule has 0 aliphatic carbocycles. The summed E-state index contributed by atoms with van der Waals surface area (Å²) in [4.78, 5) is 4.03. The quantitative estimate of drug-likeness (QED) is 0.583. The first-order valence-electron chi connectivity index (χ1n) is 4.66. The summed E-state index contributed by atoms with van der Waals surface area (Å²) in [6, 6.07) is 0. The molecular formula is C9H17N3OS. The molecule has 0 radical (unpaired) electrons. The second kappa shape index (κ2) is 4.61. The molecular weight excluding hydrogens is 198 g/mol. The molecule has 0 aliphatic heterocycles. The third-order valence-electron chi connectivity index (χ3n) is 1.88. The summed E-state index contributed by atoms with van der Waals surface area (Å²) in [7, 11) is -0.548. The van der Waals surface area contributed by atoms with E-state index in [0.717, 1.165) is 19.4 Å². The van der Waals surface area contributed by atoms with Crippen LogP contribution in [0, 0.1) is 0 Å². The maximum absolute atomic E-state index is 12.0. The Morgan fingerprint density at radius 2 is 2.43 bits per heavy atom. The molecule has 0 aliphatic rings. The number of rotatable bonds is 5. The molecule has 1 N–H and O–H groups in total. The zero-order valence-corrected chi connectivity index (χ0v) is 9.51. The first kappa shape index (κ1) is 11.3. The van der Waals surface area contributed by atoms with E-state index in [0.29, 0.717) is 5.03 Å². The lowest BCUT2D eigenvalue weighted by molar-refractivity contribution is 0.660. The monoisotopic (exact) mass is 215 g/mol. The lowest BCUT2D eigenvalue weighted by atomic mass is 10.3. The molecule has 0 bridgehead atoms. The van der Waals surface area contributed by atoms with Crippen molar-refractivity contribution in [3.63, 3.8) is 0 Å². The molecule has 1 aromatic rings. The summed E-state index contributed by atoms with van der Waals surface area (Å²) in [5.74, 6) is 3.67. The molecule has 0 fully saturated rings. The molecule has 0 saturated heterocycles. The topological polar surface area (TPSA) is 46.9 Å². The Bertz CT molecular complexity index is 381. The van der Waals surface area contributed by atoms with Crippen LogP contribution in [0.25, 0.3) is 0 Å². The van der Waals surface area contributed by atoms with E-state index >= 15 is 0 Å². The SMILES string of the molecule is C=S(=O)(NCCCC)c1cn(C)cn1. The second-order valence-corrected chi connectivity index (χ2v) is 5.36. The van der Waals surface area contributed by atoms with E-state index in [4.69, 9.17) is 0 Å². The lowest BCUT2D eigenvalue weighted by Gasteiger charge is -2.07. The van der Waals surface area contributed by atoms with Gasteiger partial charge in [-0.1, -0.05) is 13.3 Å². The minimum absolute atomic E-state index is 0.524. The molecule has 1 unspecified atom stereocenters. The van der Waals surface area contributed by atoms with Crippen LogP contribution in [0.3, 0.4) is 0 Å². The van der Waals surface area contributed by atoms with Crippen molar-refractivity contribution in [3.05, 3.63) is 12.5 Å². The van der Waals surface area contributed by atoms with E-state index < -0.39 is 9.71 Å². The van der Waals surface area contributed by atoms with Gasteiger partial charge in [0, 0.05) is 19.8 Å². The van der Waals surface area contributed by atoms with E-state index in [1.165, 1.54) is 0 Å². The number of nitrogens with zero attached hydrogens (tertiary/aromatic N) is 2. The van der Waals surface area contributed by atoms with Crippen molar-refractivity contribution >= 4 is 15.6 Å². The summed E-state index contributed by atoms with van der Waals surface area (Å²) >= 11 is 0. The maximum Gasteiger partial charge on any atom is 0.150 e. The van der Waals surface area contributed by atoms with Gasteiger partial charge in [0.25, 0.3) is 0 Å². The number of nitrogens with one attached hydrogen (secondary N) is 1. The zero-order chi connectivity index (χ0) is 10.6. The first-order valence-corrected chi connectivity index (χ1v) is 6.39. The predicted molar refractivity (Wildman–Crippen MR) is 59.6 cm³/mol. The van der Waals surface area contributed by atoms with Crippen LogP contribution in [0.2, 0.25) is 0 Å². The Labute approximate surface area is 85.5 Å². The molecule has 14 heavy (non-hydrogen) atoms. The van der Waals surface area contributed by atoms with Gasteiger partial charge in [-0.3, -0.25) is 0 Å². The zero-order valence-electron chi connectivity index (χ0n) is 8.69. The second-order valence-electron chi connectivity index (χ2n) is 3.30. The van der Waals surface area contributed by atoms with E-state index in [1.54, 1.807) is 17.1 Å². The van der Waals surface area contributed by atoms with Crippen molar-refractivity contribution < 1.29 is 4.21 Å². The number of unbranched alkanes of at least 4 members (excludes halogenated alkanes) is 1. The van der Waals surface area contributed by atoms with Gasteiger partial charge >= 0.3 is 0 Å². The van der Waals surface area contributed by atoms with E-state index in [2.05, 4.69) is 22.5 Å². The number of aromatic nitrogens is 2. The van der Waals surface area contributed by atoms with Crippen molar-refractivity contribution in [2.24, 2.45) is 7.05 Å². The third-order valence-corrected chi connectivity index (χ3v) is 3.44. The van der Waals surface area contributed by atoms with Crippen LogP contribution in [0.5, 0.6) is 0 Å². The number of hydrogen-bond acceptors (Lipinski definition) is 2. The van der Waals surface area contributed by atoms with Crippen molar-refractivity contribution in [2.75, 3.05) is 6.54 Å². The molecule has 5 heteroatoms. The fourth-order valence-corrected chi connectivity index (χ4v) is 2.22. The molecule has 0 amide bonds. The average Bonchev–Trinajstić information content (AvgIpc) is 2.53. The van der Waals surface area contributed by atoms with E-state index in [9.17, 15) is 4.21 Å². The largest absolute Gasteiger partial charge is 0.339 e. The van der Waals surface area contributed by atoms with Crippen molar-refractivity contribution in [1.82, 2.24) is 14.3 Å². The van der Waals surface area contributed by atoms with Gasteiger partial charge in [0.05, 0.1) is 16.0 Å². The molecule has 80 valence electrons. The molecule has 0 aromatic carbocycles.